The summed E-state index contributed by atoms with van der Waals surface area (Å²) in [5, 5.41) is 12.8. The number of hydrogen-bond donors (Lipinski definition) is 3. The topological polar surface area (TPSA) is 142 Å². The Morgan fingerprint density at radius 3 is 2.46 bits per heavy atom. The monoisotopic (exact) mass is 209 g/mol. The number of hydrogen-bond acceptors (Lipinski definition) is 7. The first kappa shape index (κ1) is 9.57. The highest BCUT2D eigenvalue weighted by Crippen LogP contribution is 2.00. The first-order chi connectivity index (χ1) is 5.95. The van der Waals surface area contributed by atoms with Crippen molar-refractivity contribution in [2.24, 2.45) is 0 Å². The summed E-state index contributed by atoms with van der Waals surface area (Å²) >= 11 is 0. The molecule has 0 aliphatic carbocycles. The third kappa shape index (κ3) is 1.99. The van der Waals surface area contributed by atoms with E-state index in [-0.39, 0.29) is 0 Å². The number of carbonyl (C=O) groups excluding carboxylic acids is 1. The van der Waals surface area contributed by atoms with Crippen LogP contribution in [0.2, 0.25) is 0 Å². The molecule has 0 aliphatic heterocycles. The maximum Gasteiger partial charge on any atom is 0.409 e. The standard InChI is InChI=1S/C3H3N3O6S/c7-2(12-8)1-4-3(6-5-1)13(9,10)11/h8H,(H,4,5,6)(H,9,10,11). The van der Waals surface area contributed by atoms with E-state index in [1.807, 2.05) is 4.98 Å². The summed E-state index contributed by atoms with van der Waals surface area (Å²) < 4.78 is 29.1. The number of H-pyrrole nitrogens is 1. The van der Waals surface area contributed by atoms with Gasteiger partial charge in [0.05, 0.1) is 0 Å². The van der Waals surface area contributed by atoms with Gasteiger partial charge in [-0.05, 0) is 0 Å². The Hall–Kier alpha value is -1.52. The smallest absolute Gasteiger partial charge is 0.304 e. The third-order valence-electron chi connectivity index (χ3n) is 0.987. The van der Waals surface area contributed by atoms with Crippen molar-refractivity contribution in [2.45, 2.75) is 5.16 Å². The molecule has 1 heterocycles. The van der Waals surface area contributed by atoms with E-state index in [0.717, 1.165) is 0 Å². The Bertz CT molecular complexity index is 420. The Morgan fingerprint density at radius 1 is 1.46 bits per heavy atom. The highest BCUT2D eigenvalue weighted by molar-refractivity contribution is 7.85. The molecule has 1 aromatic rings. The van der Waals surface area contributed by atoms with Crippen LogP contribution in [-0.2, 0) is 15.0 Å². The summed E-state index contributed by atoms with van der Waals surface area (Å²) in [4.78, 5) is 15.5. The Balaban J connectivity index is 3.07. The van der Waals surface area contributed by atoms with Crippen molar-refractivity contribution >= 4 is 16.1 Å². The van der Waals surface area contributed by atoms with Crippen molar-refractivity contribution in [3.63, 3.8) is 0 Å². The highest BCUT2D eigenvalue weighted by atomic mass is 32.2. The van der Waals surface area contributed by atoms with Crippen molar-refractivity contribution in [2.75, 3.05) is 0 Å². The van der Waals surface area contributed by atoms with E-state index < -0.39 is 27.1 Å². The summed E-state index contributed by atoms with van der Waals surface area (Å²) in [5.41, 5.74) is 0. The van der Waals surface area contributed by atoms with Crippen LogP contribution < -0.4 is 0 Å². The summed E-state index contributed by atoms with van der Waals surface area (Å²) in [6.07, 6.45) is 0. The number of nitrogens with zero attached hydrogens (tertiary/aromatic N) is 2. The number of rotatable bonds is 2. The summed E-state index contributed by atoms with van der Waals surface area (Å²) in [7, 11) is -4.54. The van der Waals surface area contributed by atoms with Crippen LogP contribution in [0, 0.1) is 0 Å². The molecular formula is C3H3N3O6S. The second-order valence-corrected chi connectivity index (χ2v) is 3.17. The molecule has 0 saturated carbocycles. The summed E-state index contributed by atoms with van der Waals surface area (Å²) in [5.74, 6) is -1.96. The van der Waals surface area contributed by atoms with E-state index in [0.29, 0.717) is 0 Å². The molecule has 0 bridgehead atoms. The van der Waals surface area contributed by atoms with Crippen molar-refractivity contribution in [1.82, 2.24) is 15.2 Å². The van der Waals surface area contributed by atoms with Gasteiger partial charge in [-0.2, -0.15) is 13.7 Å². The predicted octanol–water partition coefficient (Wildman–Crippen LogP) is -1.32. The van der Waals surface area contributed by atoms with E-state index in [9.17, 15) is 13.2 Å². The van der Waals surface area contributed by atoms with E-state index in [1.54, 1.807) is 0 Å². The largest absolute Gasteiger partial charge is 0.409 e. The van der Waals surface area contributed by atoms with Gasteiger partial charge in [-0.25, -0.2) is 4.79 Å². The average Bonchev–Trinajstić information content (AvgIpc) is 2.50. The molecule has 0 aromatic carbocycles. The normalized spacial score (nSPS) is 11.2. The van der Waals surface area contributed by atoms with E-state index in [2.05, 4.69) is 15.1 Å². The maximum absolute atomic E-state index is 10.5. The van der Waals surface area contributed by atoms with Crippen molar-refractivity contribution in [3.8, 4) is 0 Å². The number of carbonyl (C=O) groups is 1. The molecule has 0 fully saturated rings. The van der Waals surface area contributed by atoms with Gasteiger partial charge in [0, 0.05) is 0 Å². The molecule has 0 saturated heterocycles. The lowest BCUT2D eigenvalue weighted by Gasteiger charge is -1.87. The van der Waals surface area contributed by atoms with Crippen LogP contribution in [0.4, 0.5) is 0 Å². The third-order valence-corrected chi connectivity index (χ3v) is 1.66. The summed E-state index contributed by atoms with van der Waals surface area (Å²) in [6, 6.07) is 0. The van der Waals surface area contributed by atoms with Gasteiger partial charge in [0.25, 0.3) is 5.16 Å². The second-order valence-electron chi connectivity index (χ2n) is 1.83. The van der Waals surface area contributed by atoms with Gasteiger partial charge in [0.15, 0.2) is 0 Å². The molecule has 0 atom stereocenters. The fourth-order valence-electron chi connectivity index (χ4n) is 0.498. The van der Waals surface area contributed by atoms with E-state index >= 15 is 0 Å². The molecule has 1 aromatic heterocycles. The molecule has 0 radical (unpaired) electrons. The summed E-state index contributed by atoms with van der Waals surface area (Å²) in [6.45, 7) is 0. The molecule has 72 valence electrons. The maximum atomic E-state index is 10.5. The fourth-order valence-corrected chi connectivity index (χ4v) is 0.868. The fraction of sp³-hybridized carbons (Fsp3) is 0. The Kier molecular flexibility index (Phi) is 2.27. The number of aromatic nitrogens is 3. The van der Waals surface area contributed by atoms with E-state index in [4.69, 9.17) is 9.81 Å². The SMILES string of the molecule is O=C(OO)c1nnc(S(=O)(=O)O)[nH]1. The zero-order valence-electron chi connectivity index (χ0n) is 5.83. The molecule has 1 rings (SSSR count). The molecule has 10 heteroatoms. The van der Waals surface area contributed by atoms with Crippen molar-refractivity contribution in [1.29, 1.82) is 0 Å². The van der Waals surface area contributed by atoms with Gasteiger partial charge >= 0.3 is 16.1 Å². The predicted molar refractivity (Wildman–Crippen MR) is 34.2 cm³/mol. The van der Waals surface area contributed by atoms with Gasteiger partial charge in [-0.3, -0.25) is 9.44 Å². The van der Waals surface area contributed by atoms with Crippen LogP contribution in [-0.4, -0.2) is 39.4 Å². The van der Waals surface area contributed by atoms with Crippen molar-refractivity contribution in [3.05, 3.63) is 5.82 Å². The first-order valence-corrected chi connectivity index (χ1v) is 4.15. The molecular weight excluding hydrogens is 206 g/mol. The zero-order chi connectivity index (χ0) is 10.1. The lowest BCUT2D eigenvalue weighted by molar-refractivity contribution is -0.183. The quantitative estimate of drug-likeness (QED) is 0.309. The molecule has 3 N–H and O–H groups in total. The second kappa shape index (κ2) is 3.08. The van der Waals surface area contributed by atoms with Gasteiger partial charge in [-0.1, -0.05) is 0 Å². The van der Waals surface area contributed by atoms with Crippen molar-refractivity contribution < 1.29 is 27.9 Å². The lowest BCUT2D eigenvalue weighted by Crippen LogP contribution is -2.05. The number of nitrogens with one attached hydrogen (secondary N) is 1. The Labute approximate surface area is 71.0 Å². The molecule has 9 nitrogen and oxygen atoms in total. The van der Waals surface area contributed by atoms with Gasteiger partial charge in [0.2, 0.25) is 5.82 Å². The van der Waals surface area contributed by atoms with Crippen LogP contribution in [0.15, 0.2) is 5.16 Å². The highest BCUT2D eigenvalue weighted by Gasteiger charge is 2.19. The Morgan fingerprint density at radius 2 is 2.08 bits per heavy atom. The van der Waals surface area contributed by atoms with Gasteiger partial charge in [0.1, 0.15) is 0 Å². The van der Waals surface area contributed by atoms with Crippen LogP contribution in [0.5, 0.6) is 0 Å². The average molecular weight is 209 g/mol. The molecule has 13 heavy (non-hydrogen) atoms. The molecule has 0 aliphatic rings. The van der Waals surface area contributed by atoms with Gasteiger partial charge in [-0.15, -0.1) is 10.2 Å². The molecule has 0 amide bonds. The van der Waals surface area contributed by atoms with Crippen LogP contribution in [0.1, 0.15) is 10.6 Å². The van der Waals surface area contributed by atoms with Crippen LogP contribution in [0.25, 0.3) is 0 Å². The van der Waals surface area contributed by atoms with Crippen LogP contribution >= 0.6 is 0 Å². The number of aromatic amines is 1. The van der Waals surface area contributed by atoms with Gasteiger partial charge < -0.3 is 4.98 Å². The van der Waals surface area contributed by atoms with E-state index in [1.165, 1.54) is 0 Å². The first-order valence-electron chi connectivity index (χ1n) is 2.71. The minimum absolute atomic E-state index is 0.643. The minimum Gasteiger partial charge on any atom is -0.304 e. The zero-order valence-corrected chi connectivity index (χ0v) is 6.65. The minimum atomic E-state index is -4.54. The molecule has 0 unspecified atom stereocenters. The lowest BCUT2D eigenvalue weighted by atomic mass is 10.6. The van der Waals surface area contributed by atoms with Crippen LogP contribution in [0.3, 0.4) is 0 Å². The molecule has 0 spiro atoms.